The van der Waals surface area contributed by atoms with E-state index in [0.717, 1.165) is 11.1 Å². The Bertz CT molecular complexity index is 377. The minimum atomic E-state index is -1.14. The standard InChI is InChI=1S/C13H21NO3/c1-9-4-5-11(12(16)6-9)10(2)14-7-13(3,17)8-15/h4-6,10,14-17H,7-8H2,1-3H3. The van der Waals surface area contributed by atoms with Crippen LogP contribution in [0.5, 0.6) is 5.75 Å². The maximum Gasteiger partial charge on any atom is 0.120 e. The zero-order chi connectivity index (χ0) is 13.1. The maximum absolute atomic E-state index is 9.80. The number of rotatable bonds is 5. The van der Waals surface area contributed by atoms with Gasteiger partial charge in [0.2, 0.25) is 0 Å². The summed E-state index contributed by atoms with van der Waals surface area (Å²) in [7, 11) is 0. The molecule has 0 aliphatic rings. The van der Waals surface area contributed by atoms with Gasteiger partial charge in [-0.15, -0.1) is 0 Å². The van der Waals surface area contributed by atoms with Gasteiger partial charge in [0.25, 0.3) is 0 Å². The summed E-state index contributed by atoms with van der Waals surface area (Å²) in [5, 5.41) is 31.5. The Morgan fingerprint density at radius 2 is 2.06 bits per heavy atom. The predicted molar refractivity (Wildman–Crippen MR) is 67.0 cm³/mol. The first-order valence-electron chi connectivity index (χ1n) is 5.72. The second kappa shape index (κ2) is 5.49. The number of benzene rings is 1. The largest absolute Gasteiger partial charge is 0.508 e. The molecule has 1 rings (SSSR count). The third-order valence-electron chi connectivity index (χ3n) is 2.78. The van der Waals surface area contributed by atoms with Crippen molar-refractivity contribution in [3.8, 4) is 5.75 Å². The van der Waals surface area contributed by atoms with Crippen molar-refractivity contribution in [3.63, 3.8) is 0 Å². The third kappa shape index (κ3) is 4.00. The van der Waals surface area contributed by atoms with Crippen molar-refractivity contribution in [2.45, 2.75) is 32.4 Å². The molecule has 4 heteroatoms. The van der Waals surface area contributed by atoms with Gasteiger partial charge in [0, 0.05) is 18.2 Å². The number of aliphatic hydroxyl groups is 2. The van der Waals surface area contributed by atoms with Crippen molar-refractivity contribution in [1.82, 2.24) is 5.32 Å². The molecule has 4 nitrogen and oxygen atoms in total. The fourth-order valence-corrected chi connectivity index (χ4v) is 1.56. The average Bonchev–Trinajstić information content (AvgIpc) is 2.26. The molecule has 0 aliphatic heterocycles. The highest BCUT2D eigenvalue weighted by Gasteiger charge is 2.20. The van der Waals surface area contributed by atoms with Crippen molar-refractivity contribution < 1.29 is 15.3 Å². The van der Waals surface area contributed by atoms with Gasteiger partial charge >= 0.3 is 0 Å². The zero-order valence-corrected chi connectivity index (χ0v) is 10.6. The summed E-state index contributed by atoms with van der Waals surface area (Å²) in [5.41, 5.74) is 0.638. The number of aromatic hydroxyl groups is 1. The van der Waals surface area contributed by atoms with E-state index >= 15 is 0 Å². The van der Waals surface area contributed by atoms with Crippen LogP contribution in [-0.4, -0.2) is 34.1 Å². The van der Waals surface area contributed by atoms with Crippen LogP contribution in [0.4, 0.5) is 0 Å². The fourth-order valence-electron chi connectivity index (χ4n) is 1.56. The Balaban J connectivity index is 2.67. The molecule has 4 N–H and O–H groups in total. The minimum Gasteiger partial charge on any atom is -0.508 e. The van der Waals surface area contributed by atoms with Gasteiger partial charge in [0.1, 0.15) is 5.75 Å². The van der Waals surface area contributed by atoms with Crippen LogP contribution < -0.4 is 5.32 Å². The second-order valence-corrected chi connectivity index (χ2v) is 4.82. The van der Waals surface area contributed by atoms with E-state index < -0.39 is 5.60 Å². The summed E-state index contributed by atoms with van der Waals surface area (Å²) in [6, 6.07) is 5.40. The molecule has 0 aliphatic carbocycles. The lowest BCUT2D eigenvalue weighted by Gasteiger charge is -2.24. The second-order valence-electron chi connectivity index (χ2n) is 4.82. The van der Waals surface area contributed by atoms with Crippen molar-refractivity contribution in [3.05, 3.63) is 29.3 Å². The number of aliphatic hydroxyl groups excluding tert-OH is 1. The molecule has 2 unspecified atom stereocenters. The summed E-state index contributed by atoms with van der Waals surface area (Å²) >= 11 is 0. The minimum absolute atomic E-state index is 0.0892. The summed E-state index contributed by atoms with van der Waals surface area (Å²) < 4.78 is 0. The number of phenols is 1. The maximum atomic E-state index is 9.80. The molecule has 0 saturated heterocycles. The van der Waals surface area contributed by atoms with Gasteiger partial charge in [-0.2, -0.15) is 0 Å². The molecule has 0 heterocycles. The highest BCUT2D eigenvalue weighted by Crippen LogP contribution is 2.25. The normalized spacial score (nSPS) is 16.5. The molecular weight excluding hydrogens is 218 g/mol. The Morgan fingerprint density at radius 3 is 2.59 bits per heavy atom. The number of hydrogen-bond donors (Lipinski definition) is 4. The van der Waals surface area contributed by atoms with Crippen LogP contribution in [0.15, 0.2) is 18.2 Å². The van der Waals surface area contributed by atoms with Crippen LogP contribution in [0.1, 0.15) is 31.0 Å². The van der Waals surface area contributed by atoms with Crippen LogP contribution in [0, 0.1) is 6.92 Å². The number of aryl methyl sites for hydroxylation is 1. The molecule has 0 saturated carbocycles. The van der Waals surface area contributed by atoms with Crippen molar-refractivity contribution in [1.29, 1.82) is 0 Å². The molecule has 0 bridgehead atoms. The summed E-state index contributed by atoms with van der Waals surface area (Å²) in [6.07, 6.45) is 0. The predicted octanol–water partition coefficient (Wildman–Crippen LogP) is 1.09. The summed E-state index contributed by atoms with van der Waals surface area (Å²) in [4.78, 5) is 0. The first-order chi connectivity index (χ1) is 7.85. The SMILES string of the molecule is Cc1ccc(C(C)NCC(C)(O)CO)c(O)c1. The van der Waals surface area contributed by atoms with Gasteiger partial charge in [0.15, 0.2) is 0 Å². The van der Waals surface area contributed by atoms with E-state index in [-0.39, 0.29) is 24.9 Å². The molecule has 0 aromatic heterocycles. The Labute approximate surface area is 102 Å². The first-order valence-corrected chi connectivity index (χ1v) is 5.72. The lowest BCUT2D eigenvalue weighted by atomic mass is 10.0. The third-order valence-corrected chi connectivity index (χ3v) is 2.78. The monoisotopic (exact) mass is 239 g/mol. The van der Waals surface area contributed by atoms with Gasteiger partial charge in [0.05, 0.1) is 12.2 Å². The number of hydrogen-bond acceptors (Lipinski definition) is 4. The Morgan fingerprint density at radius 1 is 1.41 bits per heavy atom. The summed E-state index contributed by atoms with van der Waals surface area (Å²) in [6.45, 7) is 5.34. The Kier molecular flexibility index (Phi) is 4.51. The number of phenolic OH excluding ortho intramolecular Hbond substituents is 1. The van der Waals surface area contributed by atoms with Crippen molar-refractivity contribution in [2.24, 2.45) is 0 Å². The van der Waals surface area contributed by atoms with Gasteiger partial charge < -0.3 is 20.6 Å². The molecule has 1 aromatic rings. The molecule has 2 atom stereocenters. The van der Waals surface area contributed by atoms with Gasteiger partial charge in [-0.25, -0.2) is 0 Å². The molecule has 0 fully saturated rings. The van der Waals surface area contributed by atoms with Crippen LogP contribution in [0.2, 0.25) is 0 Å². The van der Waals surface area contributed by atoms with E-state index in [0.29, 0.717) is 0 Å². The van der Waals surface area contributed by atoms with Crippen LogP contribution in [-0.2, 0) is 0 Å². The first kappa shape index (κ1) is 14.0. The van der Waals surface area contributed by atoms with Crippen LogP contribution in [0.25, 0.3) is 0 Å². The van der Waals surface area contributed by atoms with Crippen LogP contribution in [0.3, 0.4) is 0 Å². The number of nitrogens with one attached hydrogen (secondary N) is 1. The summed E-state index contributed by atoms with van der Waals surface area (Å²) in [5.74, 6) is 0.244. The molecule has 17 heavy (non-hydrogen) atoms. The molecule has 96 valence electrons. The van der Waals surface area contributed by atoms with Crippen molar-refractivity contribution >= 4 is 0 Å². The topological polar surface area (TPSA) is 72.7 Å². The molecule has 0 spiro atoms. The smallest absolute Gasteiger partial charge is 0.120 e. The molecule has 0 amide bonds. The van der Waals surface area contributed by atoms with E-state index in [1.165, 1.54) is 0 Å². The fraction of sp³-hybridized carbons (Fsp3) is 0.538. The van der Waals surface area contributed by atoms with Crippen LogP contribution >= 0.6 is 0 Å². The highest BCUT2D eigenvalue weighted by atomic mass is 16.3. The average molecular weight is 239 g/mol. The van der Waals surface area contributed by atoms with E-state index in [1.807, 2.05) is 26.0 Å². The molecule has 1 aromatic carbocycles. The lowest BCUT2D eigenvalue weighted by Crippen LogP contribution is -2.41. The van der Waals surface area contributed by atoms with E-state index in [9.17, 15) is 10.2 Å². The van der Waals surface area contributed by atoms with E-state index in [1.54, 1.807) is 13.0 Å². The quantitative estimate of drug-likeness (QED) is 0.621. The van der Waals surface area contributed by atoms with Gasteiger partial charge in [-0.1, -0.05) is 12.1 Å². The van der Waals surface area contributed by atoms with E-state index in [2.05, 4.69) is 5.32 Å². The van der Waals surface area contributed by atoms with Crippen molar-refractivity contribution in [2.75, 3.05) is 13.2 Å². The Hall–Kier alpha value is -1.10. The zero-order valence-electron chi connectivity index (χ0n) is 10.6. The van der Waals surface area contributed by atoms with E-state index in [4.69, 9.17) is 5.11 Å². The van der Waals surface area contributed by atoms with Gasteiger partial charge in [-0.3, -0.25) is 0 Å². The van der Waals surface area contributed by atoms with Gasteiger partial charge in [-0.05, 0) is 32.4 Å². The molecule has 0 radical (unpaired) electrons. The highest BCUT2D eigenvalue weighted by molar-refractivity contribution is 5.37. The molecular formula is C13H21NO3. The lowest BCUT2D eigenvalue weighted by molar-refractivity contribution is 0.00101.